The lowest BCUT2D eigenvalue weighted by atomic mass is 10.5. The molecule has 2 rings (SSSR count). The molecule has 0 spiro atoms. The zero-order valence-electron chi connectivity index (χ0n) is 8.03. The number of H-pyrrole nitrogens is 1. The first kappa shape index (κ1) is 9.26. The van der Waals surface area contributed by atoms with E-state index in [4.69, 9.17) is 0 Å². The van der Waals surface area contributed by atoms with Crippen LogP contribution in [0.1, 0.15) is 6.92 Å². The highest BCUT2D eigenvalue weighted by Crippen LogP contribution is 2.21. The number of aromatic amines is 1. The first-order valence-electron chi connectivity index (χ1n) is 4.34. The molecule has 0 amide bonds. The maximum Gasteiger partial charge on any atom is 0.225 e. The molecule has 2 aromatic rings. The molecule has 0 aliphatic rings. The van der Waals surface area contributed by atoms with Crippen LogP contribution in [0.4, 0.5) is 5.95 Å². The summed E-state index contributed by atoms with van der Waals surface area (Å²) in [6.07, 6.45) is 3.62. The number of aromatic nitrogens is 4. The van der Waals surface area contributed by atoms with Gasteiger partial charge in [-0.2, -0.15) is 4.98 Å². The van der Waals surface area contributed by atoms with E-state index in [-0.39, 0.29) is 0 Å². The van der Waals surface area contributed by atoms with Gasteiger partial charge in [0.1, 0.15) is 10.5 Å². The van der Waals surface area contributed by atoms with Gasteiger partial charge in [-0.15, -0.1) is 11.8 Å². The van der Waals surface area contributed by atoms with E-state index in [0.29, 0.717) is 11.6 Å². The van der Waals surface area contributed by atoms with Gasteiger partial charge in [0.15, 0.2) is 5.65 Å². The average molecular weight is 209 g/mol. The van der Waals surface area contributed by atoms with Gasteiger partial charge in [0.2, 0.25) is 5.95 Å². The van der Waals surface area contributed by atoms with E-state index in [1.165, 1.54) is 0 Å². The molecule has 14 heavy (non-hydrogen) atoms. The summed E-state index contributed by atoms with van der Waals surface area (Å²) in [4.78, 5) is 15.7. The lowest BCUT2D eigenvalue weighted by Crippen LogP contribution is -2.02. The third kappa shape index (κ3) is 1.52. The Hall–Kier alpha value is -1.30. The Morgan fingerprint density at radius 3 is 3.07 bits per heavy atom. The second-order valence-electron chi connectivity index (χ2n) is 2.69. The molecule has 0 unspecified atom stereocenters. The summed E-state index contributed by atoms with van der Waals surface area (Å²) in [6, 6.07) is 0. The van der Waals surface area contributed by atoms with Gasteiger partial charge in [0.25, 0.3) is 0 Å². The highest BCUT2D eigenvalue weighted by molar-refractivity contribution is 7.98. The lowest BCUT2D eigenvalue weighted by molar-refractivity contribution is 1.04. The van der Waals surface area contributed by atoms with Crippen LogP contribution in [0.2, 0.25) is 0 Å². The third-order valence-corrected chi connectivity index (χ3v) is 2.46. The minimum absolute atomic E-state index is 0.636. The van der Waals surface area contributed by atoms with E-state index in [0.717, 1.165) is 17.1 Å². The van der Waals surface area contributed by atoms with Crippen molar-refractivity contribution in [2.24, 2.45) is 0 Å². The number of rotatable bonds is 3. The number of fused-ring (bicyclic) bond motifs is 1. The number of nitrogens with zero attached hydrogens (tertiary/aromatic N) is 3. The number of hydrogen-bond acceptors (Lipinski definition) is 5. The molecule has 6 heteroatoms. The number of anilines is 1. The van der Waals surface area contributed by atoms with Crippen molar-refractivity contribution in [3.05, 3.63) is 6.33 Å². The van der Waals surface area contributed by atoms with Crippen molar-refractivity contribution in [3.8, 4) is 0 Å². The largest absolute Gasteiger partial charge is 0.354 e. The van der Waals surface area contributed by atoms with E-state index in [1.54, 1.807) is 18.1 Å². The Kier molecular flexibility index (Phi) is 2.53. The van der Waals surface area contributed by atoms with Gasteiger partial charge in [-0.05, 0) is 13.2 Å². The second kappa shape index (κ2) is 3.83. The predicted octanol–water partition coefficient (Wildman–Crippen LogP) is 1.51. The van der Waals surface area contributed by atoms with E-state index < -0.39 is 0 Å². The summed E-state index contributed by atoms with van der Waals surface area (Å²) in [7, 11) is 0. The smallest absolute Gasteiger partial charge is 0.225 e. The zero-order valence-corrected chi connectivity index (χ0v) is 8.85. The topological polar surface area (TPSA) is 66.5 Å². The molecule has 0 saturated heterocycles. The summed E-state index contributed by atoms with van der Waals surface area (Å²) in [5, 5.41) is 3.99. The first-order valence-corrected chi connectivity index (χ1v) is 5.56. The van der Waals surface area contributed by atoms with Crippen LogP contribution in [0.3, 0.4) is 0 Å². The van der Waals surface area contributed by atoms with Crippen molar-refractivity contribution in [1.29, 1.82) is 0 Å². The molecule has 0 bridgehead atoms. The zero-order chi connectivity index (χ0) is 9.97. The summed E-state index contributed by atoms with van der Waals surface area (Å²) >= 11 is 1.58. The molecule has 74 valence electrons. The SMILES string of the molecule is CCNc1nc(SC)c2[nH]cnc2n1. The molecular formula is C8H11N5S. The summed E-state index contributed by atoms with van der Waals surface area (Å²) in [6.45, 7) is 2.82. The van der Waals surface area contributed by atoms with Crippen molar-refractivity contribution in [1.82, 2.24) is 19.9 Å². The Labute approximate surface area is 85.7 Å². The predicted molar refractivity (Wildman–Crippen MR) is 57.6 cm³/mol. The van der Waals surface area contributed by atoms with Crippen LogP contribution in [-0.2, 0) is 0 Å². The van der Waals surface area contributed by atoms with Gasteiger partial charge in [-0.1, -0.05) is 0 Å². The molecule has 0 radical (unpaired) electrons. The number of thioether (sulfide) groups is 1. The van der Waals surface area contributed by atoms with Crippen molar-refractivity contribution >= 4 is 28.9 Å². The third-order valence-electron chi connectivity index (χ3n) is 1.78. The maximum absolute atomic E-state index is 4.35. The minimum Gasteiger partial charge on any atom is -0.354 e. The molecule has 2 aromatic heterocycles. The van der Waals surface area contributed by atoms with Crippen molar-refractivity contribution in [3.63, 3.8) is 0 Å². The van der Waals surface area contributed by atoms with Gasteiger partial charge >= 0.3 is 0 Å². The standard InChI is InChI=1S/C8H11N5S/c1-3-9-8-12-6-5(10-4-11-6)7(13-8)14-2/h4H,3H2,1-2H3,(H2,9,10,11,12,13). The van der Waals surface area contributed by atoms with Gasteiger partial charge in [-0.3, -0.25) is 0 Å². The Morgan fingerprint density at radius 2 is 2.36 bits per heavy atom. The fraction of sp³-hybridized carbons (Fsp3) is 0.375. The van der Waals surface area contributed by atoms with E-state index in [1.807, 2.05) is 13.2 Å². The number of nitrogens with one attached hydrogen (secondary N) is 2. The molecular weight excluding hydrogens is 198 g/mol. The van der Waals surface area contributed by atoms with Crippen molar-refractivity contribution in [2.75, 3.05) is 18.1 Å². The Bertz CT molecular complexity index is 438. The van der Waals surface area contributed by atoms with Crippen LogP contribution >= 0.6 is 11.8 Å². The number of imidazole rings is 1. The van der Waals surface area contributed by atoms with Crippen molar-refractivity contribution in [2.45, 2.75) is 11.9 Å². The first-order chi connectivity index (χ1) is 6.85. The van der Waals surface area contributed by atoms with Crippen LogP contribution < -0.4 is 5.32 Å². The highest BCUT2D eigenvalue weighted by atomic mass is 32.2. The minimum atomic E-state index is 0.636. The fourth-order valence-corrected chi connectivity index (χ4v) is 1.72. The van der Waals surface area contributed by atoms with E-state index >= 15 is 0 Å². The van der Waals surface area contributed by atoms with Crippen LogP contribution in [0.15, 0.2) is 11.4 Å². The van der Waals surface area contributed by atoms with Gasteiger partial charge in [-0.25, -0.2) is 9.97 Å². The van der Waals surface area contributed by atoms with Crippen LogP contribution in [0.25, 0.3) is 11.2 Å². The normalized spacial score (nSPS) is 10.7. The quantitative estimate of drug-likeness (QED) is 0.592. The maximum atomic E-state index is 4.35. The molecule has 5 nitrogen and oxygen atoms in total. The second-order valence-corrected chi connectivity index (χ2v) is 3.48. The number of hydrogen-bond donors (Lipinski definition) is 2. The van der Waals surface area contributed by atoms with E-state index in [2.05, 4.69) is 25.3 Å². The van der Waals surface area contributed by atoms with Crippen LogP contribution in [0.5, 0.6) is 0 Å². The lowest BCUT2D eigenvalue weighted by Gasteiger charge is -2.03. The molecule has 0 aliphatic heterocycles. The fourth-order valence-electron chi connectivity index (χ4n) is 1.19. The molecule has 0 atom stereocenters. The molecule has 0 saturated carbocycles. The highest BCUT2D eigenvalue weighted by Gasteiger charge is 2.07. The van der Waals surface area contributed by atoms with E-state index in [9.17, 15) is 0 Å². The molecule has 2 N–H and O–H groups in total. The summed E-state index contributed by atoms with van der Waals surface area (Å²) in [5.41, 5.74) is 1.61. The Balaban J connectivity index is 2.55. The van der Waals surface area contributed by atoms with Crippen molar-refractivity contribution < 1.29 is 0 Å². The molecule has 0 fully saturated rings. The Morgan fingerprint density at radius 1 is 1.50 bits per heavy atom. The van der Waals surface area contributed by atoms with Gasteiger partial charge < -0.3 is 10.3 Å². The molecule has 0 aliphatic carbocycles. The summed E-state index contributed by atoms with van der Waals surface area (Å²) < 4.78 is 0. The van der Waals surface area contributed by atoms with Gasteiger partial charge in [0, 0.05) is 6.54 Å². The molecule has 2 heterocycles. The summed E-state index contributed by atoms with van der Waals surface area (Å²) in [5.74, 6) is 0.636. The van der Waals surface area contributed by atoms with Crippen LogP contribution in [-0.4, -0.2) is 32.7 Å². The average Bonchev–Trinajstić information content (AvgIpc) is 2.65. The monoisotopic (exact) mass is 209 g/mol. The van der Waals surface area contributed by atoms with Gasteiger partial charge in [0.05, 0.1) is 6.33 Å². The van der Waals surface area contributed by atoms with Crippen LogP contribution in [0, 0.1) is 0 Å². The molecule has 0 aromatic carbocycles.